The molecule has 29 heavy (non-hydrogen) atoms. The van der Waals surface area contributed by atoms with Gasteiger partial charge in [-0.2, -0.15) is 4.98 Å². The van der Waals surface area contributed by atoms with E-state index in [2.05, 4.69) is 20.4 Å². The molecule has 1 aromatic carbocycles. The van der Waals surface area contributed by atoms with Crippen molar-refractivity contribution in [2.75, 3.05) is 5.32 Å². The number of allylic oxidation sites excluding steroid dienone is 2. The number of carbonyl (C=O) groups is 1. The quantitative estimate of drug-likeness (QED) is 0.640. The Morgan fingerprint density at radius 2 is 2.14 bits per heavy atom. The third-order valence-electron chi connectivity index (χ3n) is 5.11. The largest absolute Gasteiger partial charge is 0.508 e. The van der Waals surface area contributed by atoms with Gasteiger partial charge in [0.15, 0.2) is 5.78 Å². The molecule has 0 amide bonds. The summed E-state index contributed by atoms with van der Waals surface area (Å²) < 4.78 is 1.76. The molecule has 3 aromatic rings. The van der Waals surface area contributed by atoms with E-state index in [9.17, 15) is 9.90 Å². The Balaban J connectivity index is 1.53. The number of anilines is 1. The zero-order valence-electron chi connectivity index (χ0n) is 15.6. The number of thioether (sulfide) groups is 1. The second-order valence-electron chi connectivity index (χ2n) is 7.06. The minimum Gasteiger partial charge on any atom is -0.508 e. The predicted octanol–water partition coefficient (Wildman–Crippen LogP) is 3.69. The number of phenols is 1. The lowest BCUT2D eigenvalue weighted by atomic mass is 9.85. The van der Waals surface area contributed by atoms with E-state index < -0.39 is 6.04 Å². The van der Waals surface area contributed by atoms with Gasteiger partial charge in [0.05, 0.1) is 5.69 Å². The standard InChI is InChI=1S/C21H19N5O2S/c27-15-7-3-5-13(11-15)19-18-16(8-4-9-17(18)28)23-20-24-21(25-26(19)20)29-12-14-6-1-2-10-22-14/h1-3,5-7,10-11,19,27H,4,8-9,12H2,(H,23,24,25). The monoisotopic (exact) mass is 405 g/mol. The van der Waals surface area contributed by atoms with Crippen LogP contribution in [0.4, 0.5) is 5.95 Å². The van der Waals surface area contributed by atoms with E-state index >= 15 is 0 Å². The zero-order chi connectivity index (χ0) is 19.8. The van der Waals surface area contributed by atoms with Crippen molar-refractivity contribution in [2.45, 2.75) is 36.2 Å². The van der Waals surface area contributed by atoms with Crippen molar-refractivity contribution < 1.29 is 9.90 Å². The van der Waals surface area contributed by atoms with Crippen LogP contribution in [0.25, 0.3) is 0 Å². The molecule has 8 heteroatoms. The maximum Gasteiger partial charge on any atom is 0.227 e. The number of ketones is 1. The van der Waals surface area contributed by atoms with Crippen molar-refractivity contribution in [2.24, 2.45) is 0 Å². The lowest BCUT2D eigenvalue weighted by Crippen LogP contribution is -2.31. The van der Waals surface area contributed by atoms with Crippen molar-refractivity contribution in [3.63, 3.8) is 0 Å². The summed E-state index contributed by atoms with van der Waals surface area (Å²) >= 11 is 1.50. The fourth-order valence-corrected chi connectivity index (χ4v) is 4.57. The van der Waals surface area contributed by atoms with Crippen LogP contribution in [-0.4, -0.2) is 30.6 Å². The SMILES string of the molecule is O=C1CCCC2=C1C(c1cccc(O)c1)n1nc(SCc3ccccn3)nc1N2. The number of phenolic OH excluding ortho intramolecular Hbond substituents is 1. The molecule has 2 N–H and O–H groups in total. The summed E-state index contributed by atoms with van der Waals surface area (Å²) in [5.74, 6) is 1.57. The van der Waals surface area contributed by atoms with E-state index in [1.54, 1.807) is 29.1 Å². The average molecular weight is 405 g/mol. The van der Waals surface area contributed by atoms with Crippen molar-refractivity contribution in [3.8, 4) is 5.75 Å². The zero-order valence-corrected chi connectivity index (χ0v) is 16.4. The minimum absolute atomic E-state index is 0.121. The van der Waals surface area contributed by atoms with Crippen molar-refractivity contribution in [3.05, 3.63) is 71.2 Å². The highest BCUT2D eigenvalue weighted by Gasteiger charge is 2.36. The highest BCUT2D eigenvalue weighted by molar-refractivity contribution is 7.98. The molecule has 0 radical (unpaired) electrons. The number of pyridine rings is 1. The third kappa shape index (κ3) is 3.40. The molecule has 2 aromatic heterocycles. The van der Waals surface area contributed by atoms with Gasteiger partial charge in [0.25, 0.3) is 0 Å². The first-order valence-corrected chi connectivity index (χ1v) is 10.5. The van der Waals surface area contributed by atoms with Crippen molar-refractivity contribution in [1.82, 2.24) is 19.7 Å². The lowest BCUT2D eigenvalue weighted by molar-refractivity contribution is -0.116. The van der Waals surface area contributed by atoms with Crippen LogP contribution in [0.1, 0.15) is 36.6 Å². The second kappa shape index (κ2) is 7.36. The van der Waals surface area contributed by atoms with Crippen LogP contribution >= 0.6 is 11.8 Å². The van der Waals surface area contributed by atoms with Gasteiger partial charge in [0, 0.05) is 29.6 Å². The Bertz CT molecular complexity index is 1110. The normalized spacial score (nSPS) is 18.2. The topological polar surface area (TPSA) is 92.9 Å². The smallest absolute Gasteiger partial charge is 0.227 e. The van der Waals surface area contributed by atoms with Gasteiger partial charge in [-0.1, -0.05) is 30.0 Å². The van der Waals surface area contributed by atoms with Gasteiger partial charge in [0.2, 0.25) is 11.1 Å². The maximum atomic E-state index is 12.8. The summed E-state index contributed by atoms with van der Waals surface area (Å²) in [5, 5.41) is 18.6. The number of nitrogens with zero attached hydrogens (tertiary/aromatic N) is 4. The fraction of sp³-hybridized carbons (Fsp3) is 0.238. The summed E-state index contributed by atoms with van der Waals surface area (Å²) in [5.41, 5.74) is 3.41. The van der Waals surface area contributed by atoms with Crippen LogP contribution in [0.15, 0.2) is 65.1 Å². The highest BCUT2D eigenvalue weighted by atomic mass is 32.2. The first kappa shape index (κ1) is 17.9. The van der Waals surface area contributed by atoms with Gasteiger partial charge in [0.1, 0.15) is 11.8 Å². The number of benzene rings is 1. The molecule has 1 atom stereocenters. The van der Waals surface area contributed by atoms with E-state index in [-0.39, 0.29) is 11.5 Å². The van der Waals surface area contributed by atoms with Crippen LogP contribution in [-0.2, 0) is 10.5 Å². The summed E-state index contributed by atoms with van der Waals surface area (Å²) in [6, 6.07) is 12.4. The van der Waals surface area contributed by atoms with Gasteiger partial charge in [-0.3, -0.25) is 9.78 Å². The summed E-state index contributed by atoms with van der Waals surface area (Å²) in [7, 11) is 0. The van der Waals surface area contributed by atoms with Gasteiger partial charge >= 0.3 is 0 Å². The minimum atomic E-state index is -0.391. The molecule has 3 heterocycles. The molecule has 0 spiro atoms. The number of aromatic hydroxyl groups is 1. The first-order valence-electron chi connectivity index (χ1n) is 9.50. The number of fused-ring (bicyclic) bond motifs is 1. The molecule has 2 aliphatic rings. The summed E-state index contributed by atoms with van der Waals surface area (Å²) in [6.07, 6.45) is 3.93. The van der Waals surface area contributed by atoms with E-state index in [0.29, 0.717) is 23.3 Å². The van der Waals surface area contributed by atoms with Gasteiger partial charge in [-0.15, -0.1) is 5.10 Å². The molecular formula is C21H19N5O2S. The van der Waals surface area contributed by atoms with E-state index in [4.69, 9.17) is 0 Å². The molecule has 7 nitrogen and oxygen atoms in total. The number of rotatable bonds is 4. The van der Waals surface area contributed by atoms with Crippen molar-refractivity contribution in [1.29, 1.82) is 0 Å². The predicted molar refractivity (Wildman–Crippen MR) is 110 cm³/mol. The van der Waals surface area contributed by atoms with Crippen LogP contribution in [0, 0.1) is 0 Å². The number of hydrogen-bond acceptors (Lipinski definition) is 7. The van der Waals surface area contributed by atoms with E-state index in [1.807, 2.05) is 24.3 Å². The fourth-order valence-electron chi connectivity index (χ4n) is 3.82. The molecule has 146 valence electrons. The Morgan fingerprint density at radius 3 is 2.97 bits per heavy atom. The molecule has 0 fully saturated rings. The van der Waals surface area contributed by atoms with Crippen LogP contribution in [0.3, 0.4) is 0 Å². The highest BCUT2D eigenvalue weighted by Crippen LogP contribution is 2.41. The number of carbonyl (C=O) groups excluding carboxylic acids is 1. The Hall–Kier alpha value is -3.13. The summed E-state index contributed by atoms with van der Waals surface area (Å²) in [4.78, 5) is 21.8. The third-order valence-corrected chi connectivity index (χ3v) is 5.98. The van der Waals surface area contributed by atoms with E-state index in [1.165, 1.54) is 11.8 Å². The van der Waals surface area contributed by atoms with Crippen molar-refractivity contribution >= 4 is 23.5 Å². The van der Waals surface area contributed by atoms with Gasteiger partial charge in [-0.05, 0) is 42.7 Å². The Morgan fingerprint density at radius 1 is 1.21 bits per heavy atom. The Labute approximate surface area is 171 Å². The number of hydrogen-bond donors (Lipinski definition) is 2. The molecule has 0 saturated carbocycles. The molecule has 1 unspecified atom stereocenters. The molecule has 5 rings (SSSR count). The molecular weight excluding hydrogens is 386 g/mol. The maximum absolute atomic E-state index is 12.8. The molecule has 0 bridgehead atoms. The molecule has 1 aliphatic heterocycles. The van der Waals surface area contributed by atoms with Gasteiger partial charge in [-0.25, -0.2) is 4.68 Å². The first-order chi connectivity index (χ1) is 14.2. The molecule has 0 saturated heterocycles. The lowest BCUT2D eigenvalue weighted by Gasteiger charge is -2.32. The van der Waals surface area contributed by atoms with E-state index in [0.717, 1.165) is 35.4 Å². The van der Waals surface area contributed by atoms with Gasteiger partial charge < -0.3 is 10.4 Å². The second-order valence-corrected chi connectivity index (χ2v) is 8.01. The van der Waals surface area contributed by atoms with Crippen LogP contribution in [0.2, 0.25) is 0 Å². The Kier molecular flexibility index (Phi) is 4.55. The number of aromatic nitrogens is 4. The average Bonchev–Trinajstić information content (AvgIpc) is 3.14. The number of nitrogens with one attached hydrogen (secondary N) is 1. The van der Waals surface area contributed by atoms with Crippen LogP contribution in [0.5, 0.6) is 5.75 Å². The van der Waals surface area contributed by atoms with Crippen LogP contribution < -0.4 is 5.32 Å². The number of Topliss-reactive ketones (excluding diaryl/α,β-unsaturated/α-hetero) is 1. The molecule has 1 aliphatic carbocycles. The summed E-state index contributed by atoms with van der Waals surface area (Å²) in [6.45, 7) is 0.